The number of halogens is 1. The third-order valence-corrected chi connectivity index (χ3v) is 9.01. The van der Waals surface area contributed by atoms with E-state index in [1.165, 1.54) is 5.57 Å². The van der Waals surface area contributed by atoms with Crippen LogP contribution in [0.25, 0.3) is 0 Å². The van der Waals surface area contributed by atoms with Gasteiger partial charge in [0.05, 0.1) is 4.91 Å². The number of hydrogen-bond donors (Lipinski definition) is 0. The first kappa shape index (κ1) is 18.5. The standard InChI is InChI=1S/C22H29FO2S/c1-5-26-19-17(24)7-9-21(3)14-6-8-22(4)15(11-16(23)20(22)25)13(14)10-12(2)18(19)21/h13-16H,2,5-11H2,1,3-4H3/t13-,14-,15+,16?,21-,22+/m1/s1. The predicted molar refractivity (Wildman–Crippen MR) is 104 cm³/mol. The van der Waals surface area contributed by atoms with E-state index < -0.39 is 11.6 Å². The molecule has 142 valence electrons. The number of carbonyl (C=O) groups is 2. The lowest BCUT2D eigenvalue weighted by atomic mass is 9.46. The van der Waals surface area contributed by atoms with Crippen LogP contribution in [-0.4, -0.2) is 23.5 Å². The van der Waals surface area contributed by atoms with Crippen molar-refractivity contribution in [3.8, 4) is 0 Å². The number of carbonyl (C=O) groups excluding carboxylic acids is 2. The van der Waals surface area contributed by atoms with Gasteiger partial charge in [0.15, 0.2) is 17.7 Å². The summed E-state index contributed by atoms with van der Waals surface area (Å²) >= 11 is 1.66. The van der Waals surface area contributed by atoms with Crippen LogP contribution in [-0.2, 0) is 9.59 Å². The summed E-state index contributed by atoms with van der Waals surface area (Å²) in [6.07, 6.45) is 3.13. The molecule has 0 heterocycles. The molecule has 3 saturated carbocycles. The highest BCUT2D eigenvalue weighted by Gasteiger charge is 2.62. The maximum Gasteiger partial charge on any atom is 0.173 e. The van der Waals surface area contributed by atoms with Gasteiger partial charge in [-0.2, -0.15) is 0 Å². The second-order valence-electron chi connectivity index (χ2n) is 9.19. The van der Waals surface area contributed by atoms with Gasteiger partial charge in [-0.25, -0.2) is 4.39 Å². The van der Waals surface area contributed by atoms with Gasteiger partial charge in [-0.3, -0.25) is 9.59 Å². The molecule has 1 unspecified atom stereocenters. The van der Waals surface area contributed by atoms with Crippen LogP contribution in [0.3, 0.4) is 0 Å². The molecule has 0 aromatic rings. The van der Waals surface area contributed by atoms with Crippen LogP contribution >= 0.6 is 11.8 Å². The topological polar surface area (TPSA) is 34.1 Å². The van der Waals surface area contributed by atoms with Crippen LogP contribution in [0.4, 0.5) is 4.39 Å². The molecule has 4 aliphatic rings. The number of ketones is 2. The predicted octanol–water partition coefficient (Wildman–Crippen LogP) is 5.28. The van der Waals surface area contributed by atoms with Gasteiger partial charge >= 0.3 is 0 Å². The van der Waals surface area contributed by atoms with Crippen LogP contribution in [0.5, 0.6) is 0 Å². The van der Waals surface area contributed by atoms with Crippen LogP contribution < -0.4 is 0 Å². The van der Waals surface area contributed by atoms with Crippen molar-refractivity contribution in [1.82, 2.24) is 0 Å². The Hall–Kier alpha value is -0.900. The SMILES string of the molecule is C=C1C[C@@H]2[C@@H](CC[C@]3(C)C(=O)C(F)C[C@@H]23)[C@@]2(C)CCC(=O)C(SCC)=C12. The largest absolute Gasteiger partial charge is 0.296 e. The lowest BCUT2D eigenvalue weighted by Gasteiger charge is -2.57. The molecular formula is C22H29FO2S. The van der Waals surface area contributed by atoms with E-state index >= 15 is 0 Å². The molecular weight excluding hydrogens is 347 g/mol. The molecule has 26 heavy (non-hydrogen) atoms. The highest BCUT2D eigenvalue weighted by atomic mass is 32.2. The summed E-state index contributed by atoms with van der Waals surface area (Å²) in [6, 6.07) is 0. The minimum Gasteiger partial charge on any atom is -0.296 e. The Morgan fingerprint density at radius 1 is 1.19 bits per heavy atom. The number of fused-ring (bicyclic) bond motifs is 5. The Morgan fingerprint density at radius 2 is 1.92 bits per heavy atom. The normalized spacial score (nSPS) is 45.5. The number of hydrogen-bond acceptors (Lipinski definition) is 3. The maximum absolute atomic E-state index is 14.3. The summed E-state index contributed by atoms with van der Waals surface area (Å²) in [5.41, 5.74) is 1.72. The van der Waals surface area contributed by atoms with Crippen LogP contribution in [0.1, 0.15) is 59.3 Å². The highest BCUT2D eigenvalue weighted by molar-refractivity contribution is 8.04. The molecule has 0 aliphatic heterocycles. The Bertz CT molecular complexity index is 726. The van der Waals surface area contributed by atoms with E-state index in [1.54, 1.807) is 11.8 Å². The Labute approximate surface area is 160 Å². The van der Waals surface area contributed by atoms with E-state index in [0.717, 1.165) is 41.9 Å². The molecule has 0 N–H and O–H groups in total. The summed E-state index contributed by atoms with van der Waals surface area (Å²) in [5, 5.41) is 0. The second kappa shape index (κ2) is 6.05. The third kappa shape index (κ3) is 2.30. The lowest BCUT2D eigenvalue weighted by Crippen LogP contribution is -2.51. The van der Waals surface area contributed by atoms with E-state index in [1.807, 2.05) is 6.92 Å². The molecule has 0 saturated heterocycles. The zero-order valence-corrected chi connectivity index (χ0v) is 16.9. The fourth-order valence-electron chi connectivity index (χ4n) is 6.74. The minimum atomic E-state index is -1.29. The van der Waals surface area contributed by atoms with Crippen molar-refractivity contribution < 1.29 is 14.0 Å². The van der Waals surface area contributed by atoms with Crippen molar-refractivity contribution in [1.29, 1.82) is 0 Å². The van der Waals surface area contributed by atoms with Gasteiger partial charge in [0.25, 0.3) is 0 Å². The van der Waals surface area contributed by atoms with E-state index in [4.69, 9.17) is 0 Å². The molecule has 0 amide bonds. The van der Waals surface area contributed by atoms with E-state index in [-0.39, 0.29) is 22.9 Å². The van der Waals surface area contributed by atoms with Gasteiger partial charge in [0, 0.05) is 11.8 Å². The molecule has 2 nitrogen and oxygen atoms in total. The Balaban J connectivity index is 1.78. The highest BCUT2D eigenvalue weighted by Crippen LogP contribution is 2.66. The van der Waals surface area contributed by atoms with E-state index in [2.05, 4.69) is 20.4 Å². The molecule has 0 spiro atoms. The zero-order valence-electron chi connectivity index (χ0n) is 16.1. The Kier molecular flexibility index (Phi) is 4.30. The van der Waals surface area contributed by atoms with Crippen LogP contribution in [0.15, 0.2) is 22.6 Å². The number of allylic oxidation sites excluding steroid dienone is 2. The fourth-order valence-corrected chi connectivity index (χ4v) is 7.81. The maximum atomic E-state index is 14.3. The third-order valence-electron chi connectivity index (χ3n) is 8.00. The molecule has 4 rings (SSSR count). The van der Waals surface area contributed by atoms with Crippen molar-refractivity contribution in [2.24, 2.45) is 28.6 Å². The number of rotatable bonds is 2. The van der Waals surface area contributed by atoms with Crippen LogP contribution in [0, 0.1) is 28.6 Å². The minimum absolute atomic E-state index is 0.0514. The quantitative estimate of drug-likeness (QED) is 0.657. The molecule has 6 atom stereocenters. The van der Waals surface area contributed by atoms with Gasteiger partial charge in [-0.1, -0.05) is 27.4 Å². The van der Waals surface area contributed by atoms with Gasteiger partial charge in [-0.15, -0.1) is 11.8 Å². The van der Waals surface area contributed by atoms with E-state index in [9.17, 15) is 14.0 Å². The molecule has 0 aromatic carbocycles. The summed E-state index contributed by atoms with van der Waals surface area (Å²) in [6.45, 7) is 10.8. The van der Waals surface area contributed by atoms with Crippen molar-refractivity contribution in [3.63, 3.8) is 0 Å². The molecule has 3 fully saturated rings. The Morgan fingerprint density at radius 3 is 2.62 bits per heavy atom. The number of alkyl halides is 1. The summed E-state index contributed by atoms with van der Waals surface area (Å²) in [7, 11) is 0. The average molecular weight is 377 g/mol. The van der Waals surface area contributed by atoms with E-state index in [0.29, 0.717) is 24.7 Å². The monoisotopic (exact) mass is 376 g/mol. The van der Waals surface area contributed by atoms with Crippen molar-refractivity contribution >= 4 is 23.3 Å². The first-order chi connectivity index (χ1) is 12.2. The molecule has 0 aromatic heterocycles. The molecule has 0 bridgehead atoms. The number of thioether (sulfide) groups is 1. The zero-order chi connectivity index (χ0) is 18.9. The first-order valence-corrected chi connectivity index (χ1v) is 11.0. The second-order valence-corrected chi connectivity index (χ2v) is 10.5. The fraction of sp³-hybridized carbons (Fsp3) is 0.727. The van der Waals surface area contributed by atoms with Crippen molar-refractivity contribution in [2.45, 2.75) is 65.5 Å². The van der Waals surface area contributed by atoms with Crippen molar-refractivity contribution in [2.75, 3.05) is 5.75 Å². The number of Topliss-reactive ketones (excluding diaryl/α,β-unsaturated/α-hetero) is 2. The molecule has 4 aliphatic carbocycles. The summed E-state index contributed by atoms with van der Waals surface area (Å²) in [4.78, 5) is 26.0. The molecule has 4 heteroatoms. The van der Waals surface area contributed by atoms with Gasteiger partial charge < -0.3 is 0 Å². The molecule has 0 radical (unpaired) electrons. The van der Waals surface area contributed by atoms with Crippen LogP contribution in [0.2, 0.25) is 0 Å². The van der Waals surface area contributed by atoms with Crippen molar-refractivity contribution in [3.05, 3.63) is 22.6 Å². The summed E-state index contributed by atoms with van der Waals surface area (Å²) in [5.74, 6) is 1.86. The first-order valence-electron chi connectivity index (χ1n) is 10.0. The average Bonchev–Trinajstić information content (AvgIpc) is 2.82. The van der Waals surface area contributed by atoms with Gasteiger partial charge in [0.2, 0.25) is 0 Å². The smallest absolute Gasteiger partial charge is 0.173 e. The lowest BCUT2D eigenvalue weighted by molar-refractivity contribution is -0.134. The van der Waals surface area contributed by atoms with Gasteiger partial charge in [-0.05, 0) is 72.2 Å². The van der Waals surface area contributed by atoms with Gasteiger partial charge in [0.1, 0.15) is 0 Å². The summed E-state index contributed by atoms with van der Waals surface area (Å²) < 4.78 is 14.3.